The van der Waals surface area contributed by atoms with Crippen LogP contribution in [0.1, 0.15) is 10.4 Å². The van der Waals surface area contributed by atoms with E-state index < -0.39 is 11.6 Å². The zero-order valence-corrected chi connectivity index (χ0v) is 11.7. The Morgan fingerprint density at radius 2 is 1.77 bits per heavy atom. The first-order valence-corrected chi connectivity index (χ1v) is 6.34. The molecule has 0 aliphatic heterocycles. The van der Waals surface area contributed by atoms with Crippen molar-refractivity contribution < 1.29 is 19.0 Å². The molecule has 112 valence electrons. The molecular formula is C16H13FN2O3. The third-order valence-corrected chi connectivity index (χ3v) is 2.81. The van der Waals surface area contributed by atoms with Crippen molar-refractivity contribution in [2.24, 2.45) is 10.2 Å². The number of nitrogens with zero attached hydrogens (tertiary/aromatic N) is 2. The first kappa shape index (κ1) is 15.4. The summed E-state index contributed by atoms with van der Waals surface area (Å²) in [7, 11) is 1.52. The normalized spacial score (nSPS) is 11.6. The minimum absolute atomic E-state index is 0.227. The van der Waals surface area contributed by atoms with Crippen LogP contribution < -0.4 is 4.74 Å². The number of hydrogen-bond acceptors (Lipinski definition) is 5. The largest absolute Gasteiger partial charge is 0.513 e. The third-order valence-electron chi connectivity index (χ3n) is 2.81. The number of aliphatic hydroxyl groups excluding tert-OH is 1. The fourth-order valence-corrected chi connectivity index (χ4v) is 1.64. The van der Waals surface area contributed by atoms with E-state index in [4.69, 9.17) is 9.84 Å². The summed E-state index contributed by atoms with van der Waals surface area (Å²) in [5.74, 6) is -0.277. The van der Waals surface area contributed by atoms with Crippen molar-refractivity contribution in [1.29, 1.82) is 0 Å². The molecule has 6 heteroatoms. The highest BCUT2D eigenvalue weighted by atomic mass is 19.1. The molecule has 0 fully saturated rings. The standard InChI is InChI=1S/C16H13FN2O3/c1-22-14-8-2-11(3-9-14)16(21)15(10-20)19-18-13-6-4-12(17)5-7-13/h2-10,20H,1H3. The number of aliphatic hydroxyl groups is 1. The highest BCUT2D eigenvalue weighted by Crippen LogP contribution is 2.18. The van der Waals surface area contributed by atoms with Crippen molar-refractivity contribution in [2.45, 2.75) is 0 Å². The number of benzene rings is 2. The van der Waals surface area contributed by atoms with Gasteiger partial charge in [0.15, 0.2) is 5.70 Å². The molecule has 0 aromatic heterocycles. The van der Waals surface area contributed by atoms with Gasteiger partial charge < -0.3 is 9.84 Å². The van der Waals surface area contributed by atoms with Gasteiger partial charge >= 0.3 is 0 Å². The summed E-state index contributed by atoms with van der Waals surface area (Å²) in [5, 5.41) is 16.6. The van der Waals surface area contributed by atoms with Crippen LogP contribution in [0.4, 0.5) is 10.1 Å². The lowest BCUT2D eigenvalue weighted by molar-refractivity contribution is 0.102. The summed E-state index contributed by atoms with van der Waals surface area (Å²) in [6.07, 6.45) is 0.583. The maximum atomic E-state index is 12.8. The van der Waals surface area contributed by atoms with Gasteiger partial charge in [0.25, 0.3) is 0 Å². The Morgan fingerprint density at radius 1 is 1.14 bits per heavy atom. The number of carbonyl (C=O) groups is 1. The lowest BCUT2D eigenvalue weighted by atomic mass is 10.1. The molecule has 0 radical (unpaired) electrons. The van der Waals surface area contributed by atoms with Crippen molar-refractivity contribution in [2.75, 3.05) is 7.11 Å². The van der Waals surface area contributed by atoms with Crippen molar-refractivity contribution in [3.05, 3.63) is 71.9 Å². The van der Waals surface area contributed by atoms with Crippen LogP contribution in [0.2, 0.25) is 0 Å². The van der Waals surface area contributed by atoms with Crippen LogP contribution in [0.5, 0.6) is 5.75 Å². The van der Waals surface area contributed by atoms with Crippen LogP contribution in [-0.4, -0.2) is 18.0 Å². The minimum Gasteiger partial charge on any atom is -0.513 e. The molecular weight excluding hydrogens is 287 g/mol. The number of Topliss-reactive ketones (excluding diaryl/α,β-unsaturated/α-hetero) is 1. The van der Waals surface area contributed by atoms with E-state index in [0.717, 1.165) is 0 Å². The van der Waals surface area contributed by atoms with E-state index in [-0.39, 0.29) is 5.70 Å². The number of ketones is 1. The first-order valence-electron chi connectivity index (χ1n) is 6.34. The van der Waals surface area contributed by atoms with Gasteiger partial charge in [-0.15, -0.1) is 5.11 Å². The highest BCUT2D eigenvalue weighted by molar-refractivity contribution is 6.08. The van der Waals surface area contributed by atoms with Gasteiger partial charge in [0.05, 0.1) is 12.8 Å². The second kappa shape index (κ2) is 7.12. The lowest BCUT2D eigenvalue weighted by Crippen LogP contribution is -2.01. The van der Waals surface area contributed by atoms with Crippen LogP contribution in [0.25, 0.3) is 0 Å². The number of carbonyl (C=O) groups excluding carboxylic acids is 1. The molecule has 5 nitrogen and oxygen atoms in total. The molecule has 0 atom stereocenters. The Bertz CT molecular complexity index is 707. The fourth-order valence-electron chi connectivity index (χ4n) is 1.64. The Kier molecular flexibility index (Phi) is 4.98. The maximum Gasteiger partial charge on any atom is 0.216 e. The molecule has 2 aromatic carbocycles. The second-order valence-electron chi connectivity index (χ2n) is 4.25. The SMILES string of the molecule is COc1ccc(C(=O)C(=CO)N=Nc2ccc(F)cc2)cc1. The molecule has 0 amide bonds. The predicted molar refractivity (Wildman–Crippen MR) is 79.0 cm³/mol. The van der Waals surface area contributed by atoms with Crippen molar-refractivity contribution in [1.82, 2.24) is 0 Å². The average molecular weight is 300 g/mol. The number of hydrogen-bond donors (Lipinski definition) is 1. The van der Waals surface area contributed by atoms with Gasteiger partial charge in [0, 0.05) is 5.56 Å². The zero-order chi connectivity index (χ0) is 15.9. The Labute approximate surface area is 126 Å². The van der Waals surface area contributed by atoms with E-state index in [1.165, 1.54) is 31.4 Å². The molecule has 2 rings (SSSR count). The van der Waals surface area contributed by atoms with Gasteiger partial charge in [-0.25, -0.2) is 4.39 Å². The van der Waals surface area contributed by atoms with Gasteiger partial charge in [-0.05, 0) is 48.5 Å². The molecule has 0 heterocycles. The molecule has 22 heavy (non-hydrogen) atoms. The quantitative estimate of drug-likeness (QED) is 0.389. The molecule has 1 N–H and O–H groups in total. The Morgan fingerprint density at radius 3 is 2.32 bits per heavy atom. The fraction of sp³-hybridized carbons (Fsp3) is 0.0625. The van der Waals surface area contributed by atoms with Gasteiger partial charge in [-0.3, -0.25) is 4.79 Å². The highest BCUT2D eigenvalue weighted by Gasteiger charge is 2.12. The second-order valence-corrected chi connectivity index (χ2v) is 4.25. The number of rotatable bonds is 5. The number of halogens is 1. The average Bonchev–Trinajstić information content (AvgIpc) is 2.57. The van der Waals surface area contributed by atoms with Crippen LogP contribution in [0.3, 0.4) is 0 Å². The molecule has 0 saturated carbocycles. The molecule has 0 unspecified atom stereocenters. The molecule has 0 bridgehead atoms. The van der Waals surface area contributed by atoms with Crippen LogP contribution in [-0.2, 0) is 0 Å². The third kappa shape index (κ3) is 3.76. The monoisotopic (exact) mass is 300 g/mol. The van der Waals surface area contributed by atoms with E-state index in [0.29, 0.717) is 23.3 Å². The summed E-state index contributed by atoms with van der Waals surface area (Å²) < 4.78 is 17.8. The summed E-state index contributed by atoms with van der Waals surface area (Å²) in [6, 6.07) is 11.6. The van der Waals surface area contributed by atoms with Gasteiger partial charge in [0.1, 0.15) is 17.8 Å². The van der Waals surface area contributed by atoms with Crippen molar-refractivity contribution in [3.63, 3.8) is 0 Å². The smallest absolute Gasteiger partial charge is 0.216 e. The van der Waals surface area contributed by atoms with Crippen LogP contribution in [0.15, 0.2) is 70.7 Å². The first-order chi connectivity index (χ1) is 10.6. The number of methoxy groups -OCH3 is 1. The zero-order valence-electron chi connectivity index (χ0n) is 11.7. The van der Waals surface area contributed by atoms with E-state index in [2.05, 4.69) is 10.2 Å². The minimum atomic E-state index is -0.490. The summed E-state index contributed by atoms with van der Waals surface area (Å²) >= 11 is 0. The summed E-state index contributed by atoms with van der Waals surface area (Å²) in [5.41, 5.74) is 0.469. The molecule has 2 aromatic rings. The van der Waals surface area contributed by atoms with Gasteiger partial charge in [-0.1, -0.05) is 0 Å². The molecule has 0 aliphatic carbocycles. The van der Waals surface area contributed by atoms with Crippen LogP contribution in [0, 0.1) is 5.82 Å². The Hall–Kier alpha value is -3.02. The number of azo groups is 1. The number of ether oxygens (including phenoxy) is 1. The molecule has 0 saturated heterocycles. The Balaban J connectivity index is 2.16. The van der Waals surface area contributed by atoms with Crippen molar-refractivity contribution >= 4 is 11.5 Å². The van der Waals surface area contributed by atoms with Gasteiger partial charge in [-0.2, -0.15) is 5.11 Å². The summed E-state index contributed by atoms with van der Waals surface area (Å²) in [6.45, 7) is 0. The van der Waals surface area contributed by atoms with Crippen LogP contribution >= 0.6 is 0 Å². The number of allylic oxidation sites excluding steroid dienone is 1. The van der Waals surface area contributed by atoms with E-state index in [9.17, 15) is 9.18 Å². The molecule has 0 aliphatic rings. The topological polar surface area (TPSA) is 71.2 Å². The summed E-state index contributed by atoms with van der Waals surface area (Å²) in [4.78, 5) is 12.2. The van der Waals surface area contributed by atoms with E-state index in [1.54, 1.807) is 24.3 Å². The van der Waals surface area contributed by atoms with E-state index >= 15 is 0 Å². The predicted octanol–water partition coefficient (Wildman–Crippen LogP) is 4.20. The van der Waals surface area contributed by atoms with Gasteiger partial charge in [0.2, 0.25) is 5.78 Å². The van der Waals surface area contributed by atoms with Crippen molar-refractivity contribution in [3.8, 4) is 5.75 Å². The lowest BCUT2D eigenvalue weighted by Gasteiger charge is -2.02. The maximum absolute atomic E-state index is 12.8. The van der Waals surface area contributed by atoms with E-state index in [1.807, 2.05) is 0 Å². The molecule has 0 spiro atoms.